The highest BCUT2D eigenvalue weighted by atomic mass is 32.2. The number of hydrogen-bond acceptors (Lipinski definition) is 5. The van der Waals surface area contributed by atoms with Gasteiger partial charge in [0.05, 0.1) is 5.69 Å². The largest absolute Gasteiger partial charge is 0.508 e. The van der Waals surface area contributed by atoms with E-state index in [4.69, 9.17) is 0 Å². The zero-order chi connectivity index (χ0) is 21.3. The van der Waals surface area contributed by atoms with E-state index in [1.54, 1.807) is 28.8 Å². The van der Waals surface area contributed by atoms with Crippen molar-refractivity contribution in [2.75, 3.05) is 30.3 Å². The molecule has 0 saturated carbocycles. The Kier molecular flexibility index (Phi) is 7.73. The number of anilines is 1. The Morgan fingerprint density at radius 3 is 2.63 bits per heavy atom. The molecule has 0 aromatic heterocycles. The van der Waals surface area contributed by atoms with Gasteiger partial charge in [0.2, 0.25) is 11.8 Å². The van der Waals surface area contributed by atoms with Crippen LogP contribution in [0.4, 0.5) is 5.69 Å². The first-order valence-electron chi connectivity index (χ1n) is 9.91. The van der Waals surface area contributed by atoms with Crippen molar-refractivity contribution >= 4 is 35.2 Å². The first kappa shape index (κ1) is 21.7. The number of para-hydroxylation sites is 1. The normalized spacial score (nSPS) is 12.7. The predicted molar refractivity (Wildman–Crippen MR) is 117 cm³/mol. The van der Waals surface area contributed by atoms with Gasteiger partial charge in [0, 0.05) is 48.7 Å². The molecule has 7 nitrogen and oxygen atoms in total. The summed E-state index contributed by atoms with van der Waals surface area (Å²) in [6.07, 6.45) is 0.875. The second kappa shape index (κ2) is 10.7. The van der Waals surface area contributed by atoms with Crippen molar-refractivity contribution in [3.63, 3.8) is 0 Å². The van der Waals surface area contributed by atoms with Crippen molar-refractivity contribution in [2.45, 2.75) is 24.2 Å². The van der Waals surface area contributed by atoms with Gasteiger partial charge < -0.3 is 20.6 Å². The predicted octanol–water partition coefficient (Wildman–Crippen LogP) is 2.55. The molecule has 1 aliphatic rings. The quantitative estimate of drug-likeness (QED) is 0.563. The van der Waals surface area contributed by atoms with Gasteiger partial charge in [-0.3, -0.25) is 14.4 Å². The highest BCUT2D eigenvalue weighted by Crippen LogP contribution is 2.34. The van der Waals surface area contributed by atoms with E-state index < -0.39 is 0 Å². The lowest BCUT2D eigenvalue weighted by molar-refractivity contribution is -0.125. The van der Waals surface area contributed by atoms with Crippen LogP contribution in [0.5, 0.6) is 5.75 Å². The van der Waals surface area contributed by atoms with Crippen LogP contribution in [0.25, 0.3) is 0 Å². The van der Waals surface area contributed by atoms with Crippen molar-refractivity contribution in [1.82, 2.24) is 10.6 Å². The maximum Gasteiger partial charge on any atom is 0.251 e. The third kappa shape index (κ3) is 6.00. The second-order valence-corrected chi connectivity index (χ2v) is 8.01. The van der Waals surface area contributed by atoms with Crippen LogP contribution in [0, 0.1) is 0 Å². The molecule has 1 aliphatic heterocycles. The molecular weight excluding hydrogens is 402 g/mol. The Labute approximate surface area is 179 Å². The first-order chi connectivity index (χ1) is 14.5. The topological polar surface area (TPSA) is 98.7 Å². The number of carbonyl (C=O) groups excluding carboxylic acids is 3. The van der Waals surface area contributed by atoms with Gasteiger partial charge in [0.1, 0.15) is 5.75 Å². The Bertz CT molecular complexity index is 919. The molecule has 8 heteroatoms. The van der Waals surface area contributed by atoms with Gasteiger partial charge in [-0.25, -0.2) is 0 Å². The van der Waals surface area contributed by atoms with Crippen LogP contribution in [0.3, 0.4) is 0 Å². The molecule has 0 unspecified atom stereocenters. The summed E-state index contributed by atoms with van der Waals surface area (Å²) in [5, 5.41) is 14.9. The van der Waals surface area contributed by atoms with Crippen molar-refractivity contribution in [2.24, 2.45) is 0 Å². The fourth-order valence-corrected chi connectivity index (χ4v) is 4.13. The summed E-state index contributed by atoms with van der Waals surface area (Å²) in [6.45, 7) is 1.47. The zero-order valence-corrected chi connectivity index (χ0v) is 17.4. The number of phenols is 1. The van der Waals surface area contributed by atoms with Gasteiger partial charge >= 0.3 is 0 Å². The van der Waals surface area contributed by atoms with Gasteiger partial charge in [0.15, 0.2) is 0 Å². The van der Waals surface area contributed by atoms with Gasteiger partial charge in [-0.1, -0.05) is 18.2 Å². The molecule has 30 heavy (non-hydrogen) atoms. The van der Waals surface area contributed by atoms with E-state index in [9.17, 15) is 19.5 Å². The molecule has 3 N–H and O–H groups in total. The summed E-state index contributed by atoms with van der Waals surface area (Å²) in [5.74, 6) is 0.390. The molecule has 0 radical (unpaired) electrons. The molecular formula is C22H25N3O4S. The molecule has 2 aromatic carbocycles. The summed E-state index contributed by atoms with van der Waals surface area (Å²) >= 11 is 1.74. The average Bonchev–Trinajstić information content (AvgIpc) is 2.76. The van der Waals surface area contributed by atoms with Crippen LogP contribution in [0.2, 0.25) is 0 Å². The molecule has 3 amide bonds. The number of fused-ring (bicyclic) bond motifs is 1. The van der Waals surface area contributed by atoms with Crippen LogP contribution in [0.15, 0.2) is 53.4 Å². The van der Waals surface area contributed by atoms with E-state index in [2.05, 4.69) is 10.6 Å². The fourth-order valence-electron chi connectivity index (χ4n) is 3.14. The van der Waals surface area contributed by atoms with Crippen LogP contribution >= 0.6 is 11.8 Å². The lowest BCUT2D eigenvalue weighted by atomic mass is 10.2. The van der Waals surface area contributed by atoms with Gasteiger partial charge in [-0.05, 0) is 36.8 Å². The molecule has 158 valence electrons. The van der Waals surface area contributed by atoms with Crippen LogP contribution < -0.4 is 15.5 Å². The molecule has 0 atom stereocenters. The van der Waals surface area contributed by atoms with Crippen molar-refractivity contribution < 1.29 is 19.5 Å². The number of nitrogens with one attached hydrogen (secondary N) is 2. The number of rotatable bonds is 8. The molecule has 2 aromatic rings. The van der Waals surface area contributed by atoms with E-state index in [-0.39, 0.29) is 36.3 Å². The maximum absolute atomic E-state index is 12.5. The summed E-state index contributed by atoms with van der Waals surface area (Å²) in [4.78, 5) is 39.4. The maximum atomic E-state index is 12.5. The first-order valence-corrected chi connectivity index (χ1v) is 10.9. The van der Waals surface area contributed by atoms with E-state index in [0.29, 0.717) is 31.6 Å². The number of carbonyl (C=O) groups is 3. The summed E-state index contributed by atoms with van der Waals surface area (Å²) < 4.78 is 0. The molecule has 0 bridgehead atoms. The molecule has 3 rings (SSSR count). The zero-order valence-electron chi connectivity index (χ0n) is 16.6. The van der Waals surface area contributed by atoms with E-state index in [0.717, 1.165) is 16.3 Å². The van der Waals surface area contributed by atoms with Crippen LogP contribution in [-0.2, 0) is 9.59 Å². The van der Waals surface area contributed by atoms with E-state index in [1.807, 2.05) is 24.3 Å². The minimum atomic E-state index is -0.275. The molecule has 0 saturated heterocycles. The van der Waals surface area contributed by atoms with E-state index in [1.165, 1.54) is 12.1 Å². The van der Waals surface area contributed by atoms with Crippen molar-refractivity contribution in [1.29, 1.82) is 0 Å². The Hall–Kier alpha value is -3.00. The fraction of sp³-hybridized carbons (Fsp3) is 0.318. The van der Waals surface area contributed by atoms with Gasteiger partial charge in [-0.2, -0.15) is 0 Å². The van der Waals surface area contributed by atoms with Gasteiger partial charge in [-0.15, -0.1) is 11.8 Å². The average molecular weight is 428 g/mol. The second-order valence-electron chi connectivity index (χ2n) is 6.87. The van der Waals surface area contributed by atoms with Crippen LogP contribution in [0.1, 0.15) is 29.6 Å². The Morgan fingerprint density at radius 1 is 1.00 bits per heavy atom. The number of amides is 3. The lowest BCUT2D eigenvalue weighted by Gasteiger charge is -2.29. The minimum Gasteiger partial charge on any atom is -0.508 e. The Morgan fingerprint density at radius 2 is 1.80 bits per heavy atom. The highest BCUT2D eigenvalue weighted by Gasteiger charge is 2.22. The standard InChI is InChI=1S/C22H25N3O4S/c26-17-6-3-5-16(15-17)22(29)24-12-4-11-23-20(27)9-10-21(28)25-13-14-30-19-8-2-1-7-18(19)25/h1-3,5-8,15,26H,4,9-14H2,(H,23,27)(H,24,29). The van der Waals surface area contributed by atoms with Crippen molar-refractivity contribution in [3.05, 3.63) is 54.1 Å². The third-order valence-electron chi connectivity index (χ3n) is 4.67. The third-order valence-corrected chi connectivity index (χ3v) is 5.71. The molecule has 0 fully saturated rings. The van der Waals surface area contributed by atoms with Crippen LogP contribution in [-0.4, -0.2) is 48.2 Å². The number of thioether (sulfide) groups is 1. The monoisotopic (exact) mass is 427 g/mol. The summed E-state index contributed by atoms with van der Waals surface area (Å²) in [6, 6.07) is 13.9. The van der Waals surface area contributed by atoms with Gasteiger partial charge in [0.25, 0.3) is 5.91 Å². The number of phenolic OH excluding ortho intramolecular Hbond substituents is 1. The molecule has 1 heterocycles. The SMILES string of the molecule is O=C(CCC(=O)N1CCSc2ccccc21)NCCCNC(=O)c1cccc(O)c1. The van der Waals surface area contributed by atoms with Crippen molar-refractivity contribution in [3.8, 4) is 5.75 Å². The number of aromatic hydroxyl groups is 1. The smallest absolute Gasteiger partial charge is 0.251 e. The molecule has 0 spiro atoms. The van der Waals surface area contributed by atoms with E-state index >= 15 is 0 Å². The Balaban J connectivity index is 1.33. The number of benzene rings is 2. The molecule has 0 aliphatic carbocycles. The lowest BCUT2D eigenvalue weighted by Crippen LogP contribution is -2.36. The number of hydrogen-bond donors (Lipinski definition) is 3. The highest BCUT2D eigenvalue weighted by molar-refractivity contribution is 7.99. The summed E-state index contributed by atoms with van der Waals surface area (Å²) in [7, 11) is 0. The minimum absolute atomic E-state index is 0.0382. The summed E-state index contributed by atoms with van der Waals surface area (Å²) in [5.41, 5.74) is 1.30. The number of nitrogens with zero attached hydrogens (tertiary/aromatic N) is 1.